The Morgan fingerprint density at radius 1 is 1.29 bits per heavy atom. The molecule has 24 heavy (non-hydrogen) atoms. The molecule has 0 bridgehead atoms. The van der Waals surface area contributed by atoms with E-state index in [2.05, 4.69) is 42.4 Å². The van der Waals surface area contributed by atoms with E-state index in [1.54, 1.807) is 0 Å². The minimum absolute atomic E-state index is 0.177. The minimum Gasteiger partial charge on any atom is -0.494 e. The Balaban J connectivity index is 2.09. The van der Waals surface area contributed by atoms with Crippen LogP contribution in [0, 0.1) is 6.92 Å². The first kappa shape index (κ1) is 16.9. The molecule has 0 spiro atoms. The standard InChI is InChI=1S/C20H28N2O2/c1-5-21-18-11-10-16(24-6-2)13-17(18)15(4)19(21)20(23)22-12-8-7-9-14(22)3/h10-11,13-14H,5-9,12H2,1-4H3. The molecular formula is C20H28N2O2. The van der Waals surface area contributed by atoms with Crippen LogP contribution in [0.2, 0.25) is 0 Å². The Bertz CT molecular complexity index is 748. The smallest absolute Gasteiger partial charge is 0.271 e. The summed E-state index contributed by atoms with van der Waals surface area (Å²) in [5.41, 5.74) is 3.03. The minimum atomic E-state index is 0.177. The number of carbonyl (C=O) groups excluding carboxylic acids is 1. The largest absolute Gasteiger partial charge is 0.494 e. The molecule has 4 nitrogen and oxygen atoms in total. The maximum absolute atomic E-state index is 13.3. The molecule has 1 aliphatic rings. The van der Waals surface area contributed by atoms with E-state index < -0.39 is 0 Å². The number of nitrogens with zero attached hydrogens (tertiary/aromatic N) is 2. The molecule has 1 amide bonds. The lowest BCUT2D eigenvalue weighted by atomic mass is 10.0. The normalized spacial score (nSPS) is 18.2. The fourth-order valence-corrected chi connectivity index (χ4v) is 3.90. The number of carbonyl (C=O) groups is 1. The highest BCUT2D eigenvalue weighted by Gasteiger charge is 2.29. The van der Waals surface area contributed by atoms with E-state index in [4.69, 9.17) is 4.74 Å². The maximum Gasteiger partial charge on any atom is 0.271 e. The van der Waals surface area contributed by atoms with Crippen LogP contribution in [0.4, 0.5) is 0 Å². The van der Waals surface area contributed by atoms with Crippen molar-refractivity contribution in [1.82, 2.24) is 9.47 Å². The van der Waals surface area contributed by atoms with E-state index in [-0.39, 0.29) is 5.91 Å². The van der Waals surface area contributed by atoms with E-state index in [0.717, 1.165) is 53.8 Å². The number of likely N-dealkylation sites (tertiary alicyclic amines) is 1. The third kappa shape index (κ3) is 2.79. The fourth-order valence-electron chi connectivity index (χ4n) is 3.90. The van der Waals surface area contributed by atoms with Gasteiger partial charge >= 0.3 is 0 Å². The lowest BCUT2D eigenvalue weighted by molar-refractivity contribution is 0.0624. The molecule has 1 aromatic heterocycles. The van der Waals surface area contributed by atoms with Gasteiger partial charge in [0.2, 0.25) is 0 Å². The molecule has 3 rings (SSSR count). The molecule has 1 atom stereocenters. The lowest BCUT2D eigenvalue weighted by Crippen LogP contribution is -2.43. The molecule has 1 aromatic carbocycles. The molecule has 1 unspecified atom stereocenters. The summed E-state index contributed by atoms with van der Waals surface area (Å²) < 4.78 is 7.80. The van der Waals surface area contributed by atoms with Gasteiger partial charge in [-0.15, -0.1) is 0 Å². The zero-order chi connectivity index (χ0) is 17.3. The monoisotopic (exact) mass is 328 g/mol. The van der Waals surface area contributed by atoms with Gasteiger partial charge in [0.1, 0.15) is 11.4 Å². The van der Waals surface area contributed by atoms with Crippen LogP contribution in [-0.2, 0) is 6.54 Å². The van der Waals surface area contributed by atoms with Crippen LogP contribution in [0.1, 0.15) is 56.1 Å². The van der Waals surface area contributed by atoms with Crippen LogP contribution in [0.15, 0.2) is 18.2 Å². The van der Waals surface area contributed by atoms with E-state index in [1.165, 1.54) is 6.42 Å². The molecule has 0 aliphatic carbocycles. The van der Waals surface area contributed by atoms with Crippen molar-refractivity contribution in [1.29, 1.82) is 0 Å². The highest BCUT2D eigenvalue weighted by Crippen LogP contribution is 2.31. The molecule has 1 aliphatic heterocycles. The van der Waals surface area contributed by atoms with E-state index >= 15 is 0 Å². The van der Waals surface area contributed by atoms with Gasteiger partial charge in [0.15, 0.2) is 0 Å². The molecule has 1 fully saturated rings. The Labute approximate surface area is 144 Å². The number of fused-ring (bicyclic) bond motifs is 1. The van der Waals surface area contributed by atoms with Crippen molar-refractivity contribution >= 4 is 16.8 Å². The summed E-state index contributed by atoms with van der Waals surface area (Å²) in [7, 11) is 0. The number of amides is 1. The highest BCUT2D eigenvalue weighted by molar-refractivity contribution is 6.02. The zero-order valence-electron chi connectivity index (χ0n) is 15.3. The first-order valence-electron chi connectivity index (χ1n) is 9.15. The van der Waals surface area contributed by atoms with Crippen LogP contribution in [0.5, 0.6) is 5.75 Å². The Morgan fingerprint density at radius 3 is 2.75 bits per heavy atom. The van der Waals surface area contributed by atoms with Crippen LogP contribution < -0.4 is 4.74 Å². The number of rotatable bonds is 4. The Morgan fingerprint density at radius 2 is 2.08 bits per heavy atom. The lowest BCUT2D eigenvalue weighted by Gasteiger charge is -2.33. The second-order valence-corrected chi connectivity index (χ2v) is 6.67. The van der Waals surface area contributed by atoms with Gasteiger partial charge in [-0.3, -0.25) is 4.79 Å². The molecule has 2 heterocycles. The van der Waals surface area contributed by atoms with Crippen LogP contribution in [0.3, 0.4) is 0 Å². The van der Waals surface area contributed by atoms with Crippen LogP contribution in [0.25, 0.3) is 10.9 Å². The van der Waals surface area contributed by atoms with Crippen molar-refractivity contribution in [2.75, 3.05) is 13.2 Å². The second-order valence-electron chi connectivity index (χ2n) is 6.67. The summed E-state index contributed by atoms with van der Waals surface area (Å²) in [6.07, 6.45) is 3.43. The molecular weight excluding hydrogens is 300 g/mol. The number of benzene rings is 1. The van der Waals surface area contributed by atoms with E-state index in [1.807, 2.05) is 13.0 Å². The predicted molar refractivity (Wildman–Crippen MR) is 97.9 cm³/mol. The van der Waals surface area contributed by atoms with Gasteiger partial charge in [0.25, 0.3) is 5.91 Å². The summed E-state index contributed by atoms with van der Waals surface area (Å²) in [4.78, 5) is 15.3. The molecule has 2 aromatic rings. The van der Waals surface area contributed by atoms with Crippen molar-refractivity contribution in [3.8, 4) is 5.75 Å². The van der Waals surface area contributed by atoms with Crippen molar-refractivity contribution in [3.05, 3.63) is 29.5 Å². The molecule has 0 N–H and O–H groups in total. The average Bonchev–Trinajstić information content (AvgIpc) is 2.87. The summed E-state index contributed by atoms with van der Waals surface area (Å²) >= 11 is 0. The SMILES string of the molecule is CCOc1ccc2c(c1)c(C)c(C(=O)N1CCCCC1C)n2CC. The number of aryl methyl sites for hydroxylation is 2. The van der Waals surface area contributed by atoms with Crippen molar-refractivity contribution in [2.45, 2.75) is 59.5 Å². The Hall–Kier alpha value is -1.97. The van der Waals surface area contributed by atoms with Gasteiger partial charge in [-0.05, 0) is 70.7 Å². The quantitative estimate of drug-likeness (QED) is 0.834. The summed E-state index contributed by atoms with van der Waals surface area (Å²) in [6.45, 7) is 10.6. The first-order valence-corrected chi connectivity index (χ1v) is 9.15. The van der Waals surface area contributed by atoms with Crippen molar-refractivity contribution < 1.29 is 9.53 Å². The molecule has 0 radical (unpaired) electrons. The summed E-state index contributed by atoms with van der Waals surface area (Å²) in [5, 5.41) is 1.12. The maximum atomic E-state index is 13.3. The van der Waals surface area contributed by atoms with E-state index in [9.17, 15) is 4.79 Å². The summed E-state index contributed by atoms with van der Waals surface area (Å²) in [6, 6.07) is 6.46. The van der Waals surface area contributed by atoms with Gasteiger partial charge in [-0.25, -0.2) is 0 Å². The molecule has 130 valence electrons. The number of hydrogen-bond donors (Lipinski definition) is 0. The first-order chi connectivity index (χ1) is 11.6. The number of hydrogen-bond acceptors (Lipinski definition) is 2. The highest BCUT2D eigenvalue weighted by atomic mass is 16.5. The molecule has 0 saturated carbocycles. The van der Waals surface area contributed by atoms with Crippen LogP contribution >= 0.6 is 0 Å². The molecule has 4 heteroatoms. The topological polar surface area (TPSA) is 34.5 Å². The zero-order valence-corrected chi connectivity index (χ0v) is 15.3. The van der Waals surface area contributed by atoms with Gasteiger partial charge in [-0.1, -0.05) is 0 Å². The van der Waals surface area contributed by atoms with Gasteiger partial charge < -0.3 is 14.2 Å². The summed E-state index contributed by atoms with van der Waals surface area (Å²) in [5.74, 6) is 1.04. The van der Waals surface area contributed by atoms with Gasteiger partial charge in [0, 0.05) is 30.0 Å². The van der Waals surface area contributed by atoms with Crippen molar-refractivity contribution in [3.63, 3.8) is 0 Å². The Kier molecular flexibility index (Phi) is 4.83. The molecule has 1 saturated heterocycles. The van der Waals surface area contributed by atoms with Crippen molar-refractivity contribution in [2.24, 2.45) is 0 Å². The van der Waals surface area contributed by atoms with Gasteiger partial charge in [-0.2, -0.15) is 0 Å². The van der Waals surface area contributed by atoms with Gasteiger partial charge in [0.05, 0.1) is 6.61 Å². The third-order valence-corrected chi connectivity index (χ3v) is 5.18. The second kappa shape index (κ2) is 6.88. The number of piperidine rings is 1. The van der Waals surface area contributed by atoms with Crippen LogP contribution in [-0.4, -0.2) is 34.6 Å². The average molecular weight is 328 g/mol. The fraction of sp³-hybridized carbons (Fsp3) is 0.550. The number of ether oxygens (including phenoxy) is 1. The third-order valence-electron chi connectivity index (χ3n) is 5.18. The number of aromatic nitrogens is 1. The van der Waals surface area contributed by atoms with E-state index in [0.29, 0.717) is 12.6 Å². The predicted octanol–water partition coefficient (Wildman–Crippen LogP) is 4.38.